The molecule has 1 amide bonds. The molecule has 1 aromatic heterocycles. The Hall–Kier alpha value is -1.63. The van der Waals surface area contributed by atoms with Crippen LogP contribution in [-0.2, 0) is 0 Å². The molecule has 64 valence electrons. The van der Waals surface area contributed by atoms with Crippen LogP contribution in [0, 0.1) is 0 Å². The molecule has 6 nitrogen and oxygen atoms in total. The molecule has 0 spiro atoms. The van der Waals surface area contributed by atoms with Crippen molar-refractivity contribution in [1.82, 2.24) is 16.0 Å². The number of amides is 1. The van der Waals surface area contributed by atoms with Crippen molar-refractivity contribution < 1.29 is 9.32 Å². The summed E-state index contributed by atoms with van der Waals surface area (Å²) in [5, 5.41) is 3.36. The lowest BCUT2D eigenvalue weighted by molar-refractivity contribution is 0.0935. The standard InChI is InChI=1S/C5H6N4O2S/c6-5(12)8-7-4(10)3-1-2-11-9-3/h1-2H,(H,7,10)(H3,6,8,12). The number of thiocarbonyl (C=S) groups is 1. The summed E-state index contributed by atoms with van der Waals surface area (Å²) in [6, 6.07) is 1.41. The van der Waals surface area contributed by atoms with Crippen LogP contribution in [0.25, 0.3) is 0 Å². The molecule has 4 N–H and O–H groups in total. The zero-order valence-electron chi connectivity index (χ0n) is 5.90. The van der Waals surface area contributed by atoms with Crippen LogP contribution in [0.4, 0.5) is 0 Å². The van der Waals surface area contributed by atoms with Crippen LogP contribution in [0.1, 0.15) is 10.5 Å². The van der Waals surface area contributed by atoms with Gasteiger partial charge < -0.3 is 10.3 Å². The third kappa shape index (κ3) is 2.20. The minimum atomic E-state index is -0.462. The maximum atomic E-state index is 11.0. The van der Waals surface area contributed by atoms with Gasteiger partial charge in [-0.25, -0.2) is 0 Å². The topological polar surface area (TPSA) is 93.2 Å². The van der Waals surface area contributed by atoms with Crippen LogP contribution in [0.5, 0.6) is 0 Å². The first-order chi connectivity index (χ1) is 5.70. The molecule has 0 radical (unpaired) electrons. The molecule has 0 aromatic carbocycles. The molecule has 0 aliphatic carbocycles. The zero-order valence-corrected chi connectivity index (χ0v) is 6.72. The number of hydrogen-bond donors (Lipinski definition) is 3. The predicted octanol–water partition coefficient (Wildman–Crippen LogP) is -0.847. The number of carbonyl (C=O) groups excluding carboxylic acids is 1. The molecule has 0 aliphatic rings. The van der Waals surface area contributed by atoms with Gasteiger partial charge in [0.25, 0.3) is 5.91 Å². The van der Waals surface area contributed by atoms with E-state index in [1.807, 2.05) is 0 Å². The highest BCUT2D eigenvalue weighted by molar-refractivity contribution is 7.80. The Kier molecular flexibility index (Phi) is 2.59. The van der Waals surface area contributed by atoms with Gasteiger partial charge in [-0.05, 0) is 12.2 Å². The number of rotatable bonds is 1. The average molecular weight is 186 g/mol. The second kappa shape index (κ2) is 3.67. The minimum absolute atomic E-state index is 0.0214. The third-order valence-corrected chi connectivity index (χ3v) is 1.07. The lowest BCUT2D eigenvalue weighted by atomic mass is 10.4. The molecule has 7 heteroatoms. The van der Waals surface area contributed by atoms with Crippen molar-refractivity contribution in [3.05, 3.63) is 18.0 Å². The second-order valence-corrected chi connectivity index (χ2v) is 2.27. The summed E-state index contributed by atoms with van der Waals surface area (Å²) in [7, 11) is 0. The van der Waals surface area contributed by atoms with E-state index in [1.165, 1.54) is 12.3 Å². The van der Waals surface area contributed by atoms with E-state index < -0.39 is 5.91 Å². The molecule has 0 aliphatic heterocycles. The summed E-state index contributed by atoms with van der Waals surface area (Å²) in [6.07, 6.45) is 1.29. The van der Waals surface area contributed by atoms with Gasteiger partial charge in [0.05, 0.1) is 0 Å². The number of hydrogen-bond acceptors (Lipinski definition) is 4. The molecular formula is C5H6N4O2S. The van der Waals surface area contributed by atoms with Gasteiger partial charge in [0, 0.05) is 6.07 Å². The first kappa shape index (κ1) is 8.47. The smallest absolute Gasteiger partial charge is 0.291 e. The molecule has 0 atom stereocenters. The third-order valence-electron chi connectivity index (χ3n) is 0.970. The molecule has 0 unspecified atom stereocenters. The number of hydrazine groups is 1. The summed E-state index contributed by atoms with van der Waals surface area (Å²) in [4.78, 5) is 11.0. The molecule has 0 saturated heterocycles. The summed E-state index contributed by atoms with van der Waals surface area (Å²) >= 11 is 4.45. The monoisotopic (exact) mass is 186 g/mol. The van der Waals surface area contributed by atoms with Gasteiger partial charge in [0.1, 0.15) is 6.26 Å². The highest BCUT2D eigenvalue weighted by Gasteiger charge is 2.07. The number of nitrogens with two attached hydrogens (primary N) is 1. The first-order valence-corrected chi connectivity index (χ1v) is 3.37. The Bertz CT molecular complexity index is 284. The molecule has 0 saturated carbocycles. The van der Waals surface area contributed by atoms with Crippen molar-refractivity contribution in [2.24, 2.45) is 5.73 Å². The maximum absolute atomic E-state index is 11.0. The molecule has 0 fully saturated rings. The fraction of sp³-hybridized carbons (Fsp3) is 0. The lowest BCUT2D eigenvalue weighted by Crippen LogP contribution is -2.44. The quantitative estimate of drug-likeness (QED) is 0.391. The van der Waals surface area contributed by atoms with Gasteiger partial charge in [-0.3, -0.25) is 15.6 Å². The van der Waals surface area contributed by atoms with Crippen molar-refractivity contribution in [3.8, 4) is 0 Å². The Labute approximate surface area is 73.1 Å². The van der Waals surface area contributed by atoms with Crippen molar-refractivity contribution in [2.75, 3.05) is 0 Å². The van der Waals surface area contributed by atoms with Crippen LogP contribution in [0.2, 0.25) is 0 Å². The van der Waals surface area contributed by atoms with E-state index in [0.717, 1.165) is 0 Å². The lowest BCUT2D eigenvalue weighted by Gasteiger charge is -2.02. The molecular weight excluding hydrogens is 180 g/mol. The Morgan fingerprint density at radius 3 is 2.92 bits per heavy atom. The molecule has 1 rings (SSSR count). The fourth-order valence-corrected chi connectivity index (χ4v) is 0.563. The van der Waals surface area contributed by atoms with E-state index in [4.69, 9.17) is 5.73 Å². The number of carbonyl (C=O) groups is 1. The van der Waals surface area contributed by atoms with Gasteiger partial charge in [0.2, 0.25) is 0 Å². The van der Waals surface area contributed by atoms with Crippen LogP contribution in [-0.4, -0.2) is 16.2 Å². The fourth-order valence-electron chi connectivity index (χ4n) is 0.512. The molecule has 0 bridgehead atoms. The minimum Gasteiger partial charge on any atom is -0.375 e. The van der Waals surface area contributed by atoms with E-state index in [1.54, 1.807) is 0 Å². The van der Waals surface area contributed by atoms with Crippen LogP contribution < -0.4 is 16.6 Å². The van der Waals surface area contributed by atoms with Crippen molar-refractivity contribution in [2.45, 2.75) is 0 Å². The van der Waals surface area contributed by atoms with Gasteiger partial charge in [-0.15, -0.1) is 0 Å². The van der Waals surface area contributed by atoms with Crippen LogP contribution in [0.15, 0.2) is 16.9 Å². The number of aromatic nitrogens is 1. The molecule has 1 aromatic rings. The zero-order chi connectivity index (χ0) is 8.97. The molecule has 1 heterocycles. The normalized spacial score (nSPS) is 9.00. The van der Waals surface area contributed by atoms with Gasteiger partial charge in [-0.2, -0.15) is 0 Å². The Morgan fingerprint density at radius 2 is 2.42 bits per heavy atom. The van der Waals surface area contributed by atoms with E-state index in [0.29, 0.717) is 0 Å². The van der Waals surface area contributed by atoms with Gasteiger partial charge in [0.15, 0.2) is 10.8 Å². The van der Waals surface area contributed by atoms with Crippen molar-refractivity contribution in [3.63, 3.8) is 0 Å². The Balaban J connectivity index is 2.45. The van der Waals surface area contributed by atoms with Crippen LogP contribution in [0.3, 0.4) is 0 Å². The van der Waals surface area contributed by atoms with E-state index in [-0.39, 0.29) is 10.8 Å². The van der Waals surface area contributed by atoms with E-state index >= 15 is 0 Å². The van der Waals surface area contributed by atoms with Crippen molar-refractivity contribution >= 4 is 23.2 Å². The molecule has 12 heavy (non-hydrogen) atoms. The number of nitrogens with one attached hydrogen (secondary N) is 2. The summed E-state index contributed by atoms with van der Waals surface area (Å²) in [5.74, 6) is -0.462. The summed E-state index contributed by atoms with van der Waals surface area (Å²) in [6.45, 7) is 0. The largest absolute Gasteiger partial charge is 0.375 e. The van der Waals surface area contributed by atoms with Crippen molar-refractivity contribution in [1.29, 1.82) is 0 Å². The summed E-state index contributed by atoms with van der Waals surface area (Å²) in [5.41, 5.74) is 9.68. The second-order valence-electron chi connectivity index (χ2n) is 1.83. The highest BCUT2D eigenvalue weighted by atomic mass is 32.1. The van der Waals surface area contributed by atoms with E-state index in [2.05, 4.69) is 32.7 Å². The Morgan fingerprint density at radius 1 is 1.67 bits per heavy atom. The average Bonchev–Trinajstić information content (AvgIpc) is 2.51. The maximum Gasteiger partial charge on any atom is 0.291 e. The van der Waals surface area contributed by atoms with Gasteiger partial charge in [-0.1, -0.05) is 5.16 Å². The van der Waals surface area contributed by atoms with E-state index in [9.17, 15) is 4.79 Å². The van der Waals surface area contributed by atoms with Crippen LogP contribution >= 0.6 is 12.2 Å². The predicted molar refractivity (Wildman–Crippen MR) is 43.9 cm³/mol. The SMILES string of the molecule is NC(=S)NNC(=O)c1ccon1. The highest BCUT2D eigenvalue weighted by Crippen LogP contribution is 1.91. The van der Waals surface area contributed by atoms with Gasteiger partial charge >= 0.3 is 0 Å². The number of nitrogens with zero attached hydrogens (tertiary/aromatic N) is 1. The summed E-state index contributed by atoms with van der Waals surface area (Å²) < 4.78 is 4.44. The first-order valence-electron chi connectivity index (χ1n) is 2.96.